The molecule has 0 spiro atoms. The third-order valence-electron chi connectivity index (χ3n) is 5.01. The lowest BCUT2D eigenvalue weighted by atomic mass is 10.0. The molecule has 0 aromatic heterocycles. The van der Waals surface area contributed by atoms with Gasteiger partial charge in [0.05, 0.1) is 18.2 Å². The van der Waals surface area contributed by atoms with Crippen molar-refractivity contribution in [2.75, 3.05) is 20.2 Å². The number of carbonyl (C=O) groups excluding carboxylic acids is 2. The predicted octanol–water partition coefficient (Wildman–Crippen LogP) is 4.00. The largest absolute Gasteiger partial charge is 0.497 e. The normalized spacial score (nSPS) is 19.2. The van der Waals surface area contributed by atoms with Gasteiger partial charge in [-0.15, -0.1) is 0 Å². The molecule has 1 heterocycles. The zero-order valence-electron chi connectivity index (χ0n) is 16.3. The van der Waals surface area contributed by atoms with Crippen molar-refractivity contribution in [1.29, 1.82) is 0 Å². The van der Waals surface area contributed by atoms with E-state index in [1.165, 1.54) is 36.3 Å². The van der Waals surface area contributed by atoms with Crippen LogP contribution in [0, 0.1) is 11.6 Å². The van der Waals surface area contributed by atoms with E-state index < -0.39 is 23.4 Å². The minimum Gasteiger partial charge on any atom is -0.497 e. The standard InChI is InChI=1S/C21H21ClF2N2O3/c1-12-10-25(20(27)16-7-5-15(29-3)9-19(16)24)11-13(2)26(12)21(28)17-6-4-14(22)8-18(17)23/h4-9,12-13H,10-11H2,1-3H3/t12-,13-/m1/s1. The molecule has 8 heteroatoms. The molecule has 1 aliphatic heterocycles. The maximum atomic E-state index is 14.3. The lowest BCUT2D eigenvalue weighted by Gasteiger charge is -2.44. The summed E-state index contributed by atoms with van der Waals surface area (Å²) in [4.78, 5) is 28.8. The lowest BCUT2D eigenvalue weighted by Crippen LogP contribution is -2.60. The van der Waals surface area contributed by atoms with E-state index in [1.54, 1.807) is 18.7 Å². The topological polar surface area (TPSA) is 49.9 Å². The van der Waals surface area contributed by atoms with Gasteiger partial charge in [0, 0.05) is 36.3 Å². The Morgan fingerprint density at radius 1 is 0.966 bits per heavy atom. The van der Waals surface area contributed by atoms with E-state index in [4.69, 9.17) is 16.3 Å². The Kier molecular flexibility index (Phi) is 6.07. The van der Waals surface area contributed by atoms with E-state index in [-0.39, 0.29) is 41.3 Å². The van der Waals surface area contributed by atoms with Crippen LogP contribution in [-0.4, -0.2) is 53.9 Å². The number of ether oxygens (including phenoxy) is 1. The van der Waals surface area contributed by atoms with Crippen LogP contribution in [0.2, 0.25) is 5.02 Å². The first-order valence-corrected chi connectivity index (χ1v) is 9.51. The quantitative estimate of drug-likeness (QED) is 0.751. The van der Waals surface area contributed by atoms with Crippen LogP contribution >= 0.6 is 11.6 Å². The highest BCUT2D eigenvalue weighted by molar-refractivity contribution is 6.30. The summed E-state index contributed by atoms with van der Waals surface area (Å²) in [5.41, 5.74) is -0.136. The molecule has 0 saturated carbocycles. The number of benzene rings is 2. The van der Waals surface area contributed by atoms with Gasteiger partial charge in [-0.05, 0) is 44.2 Å². The molecular formula is C21H21ClF2N2O3. The number of hydrogen-bond donors (Lipinski definition) is 0. The molecule has 1 saturated heterocycles. The van der Waals surface area contributed by atoms with Crippen LogP contribution in [0.5, 0.6) is 5.75 Å². The van der Waals surface area contributed by atoms with E-state index in [0.717, 1.165) is 12.1 Å². The SMILES string of the molecule is COc1ccc(C(=O)N2C[C@@H](C)N(C(=O)c3ccc(Cl)cc3F)[C@H](C)C2)c(F)c1. The van der Waals surface area contributed by atoms with Gasteiger partial charge in [-0.3, -0.25) is 9.59 Å². The number of nitrogens with zero attached hydrogens (tertiary/aromatic N) is 2. The number of methoxy groups -OCH3 is 1. The van der Waals surface area contributed by atoms with Gasteiger partial charge in [0.15, 0.2) is 0 Å². The molecule has 2 amide bonds. The van der Waals surface area contributed by atoms with Crippen LogP contribution in [0.1, 0.15) is 34.6 Å². The van der Waals surface area contributed by atoms with Crippen LogP contribution < -0.4 is 4.74 Å². The van der Waals surface area contributed by atoms with Crippen LogP contribution in [0.25, 0.3) is 0 Å². The Balaban J connectivity index is 1.79. The number of amides is 2. The molecule has 29 heavy (non-hydrogen) atoms. The van der Waals surface area contributed by atoms with Gasteiger partial charge in [0.25, 0.3) is 11.8 Å². The number of rotatable bonds is 3. The maximum absolute atomic E-state index is 14.3. The summed E-state index contributed by atoms with van der Waals surface area (Å²) in [6.07, 6.45) is 0. The Bertz CT molecular complexity index is 942. The van der Waals surface area contributed by atoms with Gasteiger partial charge in [0.2, 0.25) is 0 Å². The Hall–Kier alpha value is -2.67. The molecule has 1 fully saturated rings. The van der Waals surface area contributed by atoms with Crippen molar-refractivity contribution < 1.29 is 23.1 Å². The number of halogens is 3. The predicted molar refractivity (Wildman–Crippen MR) is 105 cm³/mol. The summed E-state index contributed by atoms with van der Waals surface area (Å²) in [6, 6.07) is 7.19. The molecule has 0 bridgehead atoms. The van der Waals surface area contributed by atoms with Crippen LogP contribution in [0.15, 0.2) is 36.4 Å². The van der Waals surface area contributed by atoms with E-state index in [0.29, 0.717) is 5.75 Å². The molecule has 154 valence electrons. The first kappa shape index (κ1) is 21.0. The smallest absolute Gasteiger partial charge is 0.257 e. The van der Waals surface area contributed by atoms with E-state index >= 15 is 0 Å². The van der Waals surface area contributed by atoms with Crippen molar-refractivity contribution >= 4 is 23.4 Å². The summed E-state index contributed by atoms with van der Waals surface area (Å²) < 4.78 is 33.5. The average molecular weight is 423 g/mol. The van der Waals surface area contributed by atoms with E-state index in [2.05, 4.69) is 0 Å². The Morgan fingerprint density at radius 3 is 2.07 bits per heavy atom. The van der Waals surface area contributed by atoms with Gasteiger partial charge in [-0.1, -0.05) is 11.6 Å². The van der Waals surface area contributed by atoms with Crippen LogP contribution in [0.3, 0.4) is 0 Å². The summed E-state index contributed by atoms with van der Waals surface area (Å²) in [5.74, 6) is -1.98. The minimum atomic E-state index is -0.694. The molecule has 1 aliphatic rings. The Labute approximate surface area is 172 Å². The highest BCUT2D eigenvalue weighted by atomic mass is 35.5. The van der Waals surface area contributed by atoms with Gasteiger partial charge >= 0.3 is 0 Å². The zero-order chi connectivity index (χ0) is 21.3. The second-order valence-corrected chi connectivity index (χ2v) is 7.53. The molecule has 0 unspecified atom stereocenters. The highest BCUT2D eigenvalue weighted by Crippen LogP contribution is 2.24. The van der Waals surface area contributed by atoms with Crippen LogP contribution in [0.4, 0.5) is 8.78 Å². The summed E-state index contributed by atoms with van der Waals surface area (Å²) >= 11 is 5.76. The van der Waals surface area contributed by atoms with Crippen molar-refractivity contribution in [3.8, 4) is 5.75 Å². The van der Waals surface area contributed by atoms with Crippen LogP contribution in [-0.2, 0) is 0 Å². The van der Waals surface area contributed by atoms with Crippen molar-refractivity contribution in [3.05, 3.63) is 64.2 Å². The van der Waals surface area contributed by atoms with Crippen molar-refractivity contribution in [1.82, 2.24) is 9.80 Å². The highest BCUT2D eigenvalue weighted by Gasteiger charge is 2.36. The fourth-order valence-corrected chi connectivity index (χ4v) is 3.82. The molecule has 0 N–H and O–H groups in total. The minimum absolute atomic E-state index is 0.0614. The van der Waals surface area contributed by atoms with Crippen molar-refractivity contribution in [3.63, 3.8) is 0 Å². The molecule has 3 rings (SSSR count). The summed E-state index contributed by atoms with van der Waals surface area (Å²) in [6.45, 7) is 3.95. The van der Waals surface area contributed by atoms with Crippen molar-refractivity contribution in [2.24, 2.45) is 0 Å². The zero-order valence-corrected chi connectivity index (χ0v) is 17.0. The molecule has 2 aromatic carbocycles. The molecule has 0 radical (unpaired) electrons. The third-order valence-corrected chi connectivity index (χ3v) is 5.24. The maximum Gasteiger partial charge on any atom is 0.257 e. The molecule has 0 aliphatic carbocycles. The van der Waals surface area contributed by atoms with E-state index in [9.17, 15) is 18.4 Å². The monoisotopic (exact) mass is 422 g/mol. The average Bonchev–Trinajstić information content (AvgIpc) is 2.66. The number of hydrogen-bond acceptors (Lipinski definition) is 3. The second kappa shape index (κ2) is 8.37. The third kappa shape index (κ3) is 4.19. The van der Waals surface area contributed by atoms with E-state index in [1.807, 2.05) is 0 Å². The van der Waals surface area contributed by atoms with Crippen molar-refractivity contribution in [2.45, 2.75) is 25.9 Å². The van der Waals surface area contributed by atoms with Gasteiger partial charge in [-0.25, -0.2) is 8.78 Å². The van der Waals surface area contributed by atoms with Gasteiger partial charge in [0.1, 0.15) is 17.4 Å². The first-order chi connectivity index (χ1) is 13.7. The second-order valence-electron chi connectivity index (χ2n) is 7.09. The summed E-state index contributed by atoms with van der Waals surface area (Å²) in [7, 11) is 1.42. The molecule has 2 aromatic rings. The fraction of sp³-hybridized carbons (Fsp3) is 0.333. The molecule has 2 atom stereocenters. The fourth-order valence-electron chi connectivity index (χ4n) is 3.66. The van der Waals surface area contributed by atoms with Gasteiger partial charge in [-0.2, -0.15) is 0 Å². The summed E-state index contributed by atoms with van der Waals surface area (Å²) in [5, 5.41) is 0.206. The van der Waals surface area contributed by atoms with Gasteiger partial charge < -0.3 is 14.5 Å². The number of piperazine rings is 1. The molecular weight excluding hydrogens is 402 g/mol. The lowest BCUT2D eigenvalue weighted by molar-refractivity contribution is 0.0249. The Morgan fingerprint density at radius 2 is 1.52 bits per heavy atom. The molecule has 5 nitrogen and oxygen atoms in total. The number of carbonyl (C=O) groups is 2. The first-order valence-electron chi connectivity index (χ1n) is 9.13.